The highest BCUT2D eigenvalue weighted by molar-refractivity contribution is 5.73. The molecule has 5 heteroatoms. The van der Waals surface area contributed by atoms with E-state index >= 15 is 0 Å². The monoisotopic (exact) mass is 147 g/mol. The zero-order chi connectivity index (χ0) is 8.15. The van der Waals surface area contributed by atoms with Crippen molar-refractivity contribution < 1.29 is 9.90 Å². The molecule has 0 radical (unpaired) electrons. The Labute approximate surface area is 59.8 Å². The summed E-state index contributed by atoms with van der Waals surface area (Å²) in [5.74, 6) is -0.991. The van der Waals surface area contributed by atoms with Crippen LogP contribution in [0.4, 0.5) is 0 Å². The van der Waals surface area contributed by atoms with Gasteiger partial charge in [-0.15, -0.1) is 0 Å². The van der Waals surface area contributed by atoms with E-state index in [-0.39, 0.29) is 6.54 Å². The average molecular weight is 147 g/mol. The van der Waals surface area contributed by atoms with E-state index in [2.05, 4.69) is 5.43 Å². The number of carbonyl (C=O) groups is 1. The molecule has 0 saturated heterocycles. The lowest BCUT2D eigenvalue weighted by Gasteiger charge is -2.13. The standard InChI is InChI=1S/C5H13N3O2/c1-8(2)7-3-4(6)5(9)10/h4,7H,3,6H2,1-2H3,(H,9,10). The summed E-state index contributed by atoms with van der Waals surface area (Å²) in [6, 6.07) is -0.831. The molecule has 0 aromatic heterocycles. The second kappa shape index (κ2) is 4.21. The van der Waals surface area contributed by atoms with Crippen molar-refractivity contribution in [2.45, 2.75) is 6.04 Å². The first-order valence-corrected chi connectivity index (χ1v) is 2.93. The van der Waals surface area contributed by atoms with E-state index in [1.54, 1.807) is 19.1 Å². The smallest absolute Gasteiger partial charge is 0.321 e. The summed E-state index contributed by atoms with van der Waals surface area (Å²) in [5, 5.41) is 9.97. The van der Waals surface area contributed by atoms with Crippen LogP contribution in [-0.4, -0.2) is 42.8 Å². The summed E-state index contributed by atoms with van der Waals surface area (Å²) < 4.78 is 0. The molecular formula is C5H13N3O2. The Hall–Kier alpha value is -0.650. The third-order valence-corrected chi connectivity index (χ3v) is 0.945. The molecule has 5 nitrogen and oxygen atoms in total. The lowest BCUT2D eigenvalue weighted by atomic mass is 10.3. The van der Waals surface area contributed by atoms with Gasteiger partial charge in [0.05, 0.1) is 0 Å². The number of carboxylic acids is 1. The van der Waals surface area contributed by atoms with Gasteiger partial charge in [-0.1, -0.05) is 0 Å². The largest absolute Gasteiger partial charge is 0.480 e. The van der Waals surface area contributed by atoms with Crippen LogP contribution in [-0.2, 0) is 4.79 Å². The number of hydrogen-bond acceptors (Lipinski definition) is 4. The third kappa shape index (κ3) is 4.25. The first kappa shape index (κ1) is 9.35. The van der Waals surface area contributed by atoms with E-state index < -0.39 is 12.0 Å². The van der Waals surface area contributed by atoms with Gasteiger partial charge >= 0.3 is 5.97 Å². The van der Waals surface area contributed by atoms with E-state index in [1.165, 1.54) is 0 Å². The molecule has 0 aliphatic rings. The van der Waals surface area contributed by atoms with Crippen LogP contribution in [0.1, 0.15) is 0 Å². The van der Waals surface area contributed by atoms with Crippen molar-refractivity contribution in [3.8, 4) is 0 Å². The van der Waals surface area contributed by atoms with Crippen molar-refractivity contribution >= 4 is 5.97 Å². The van der Waals surface area contributed by atoms with Gasteiger partial charge < -0.3 is 10.8 Å². The fraction of sp³-hybridized carbons (Fsp3) is 0.800. The molecule has 1 atom stereocenters. The lowest BCUT2D eigenvalue weighted by molar-refractivity contribution is -0.138. The van der Waals surface area contributed by atoms with Crippen molar-refractivity contribution in [2.75, 3.05) is 20.6 Å². The molecule has 10 heavy (non-hydrogen) atoms. The quantitative estimate of drug-likeness (QED) is 0.420. The van der Waals surface area contributed by atoms with Crippen LogP contribution in [0.25, 0.3) is 0 Å². The Morgan fingerprint density at radius 3 is 2.60 bits per heavy atom. The van der Waals surface area contributed by atoms with Crippen molar-refractivity contribution in [1.29, 1.82) is 0 Å². The van der Waals surface area contributed by atoms with Crippen LogP contribution in [0.2, 0.25) is 0 Å². The van der Waals surface area contributed by atoms with Gasteiger partial charge in [-0.2, -0.15) is 0 Å². The summed E-state index contributed by atoms with van der Waals surface area (Å²) in [6.45, 7) is 0.252. The number of hydrogen-bond donors (Lipinski definition) is 3. The van der Waals surface area contributed by atoms with Gasteiger partial charge in [-0.3, -0.25) is 15.2 Å². The Morgan fingerprint density at radius 2 is 2.30 bits per heavy atom. The van der Waals surface area contributed by atoms with Gasteiger partial charge in [0.25, 0.3) is 0 Å². The van der Waals surface area contributed by atoms with Gasteiger partial charge in [0, 0.05) is 20.6 Å². The Morgan fingerprint density at radius 1 is 1.80 bits per heavy atom. The summed E-state index contributed by atoms with van der Waals surface area (Å²) in [4.78, 5) is 10.1. The number of nitrogens with one attached hydrogen (secondary N) is 1. The molecule has 0 amide bonds. The Bertz CT molecular complexity index is 115. The second-order valence-corrected chi connectivity index (χ2v) is 2.20. The van der Waals surface area contributed by atoms with E-state index in [0.29, 0.717) is 0 Å². The van der Waals surface area contributed by atoms with Crippen LogP contribution < -0.4 is 11.2 Å². The molecule has 0 saturated carbocycles. The number of carboxylic acid groups (broad SMARTS) is 1. The first-order valence-electron chi connectivity index (χ1n) is 2.93. The number of hydrazine groups is 1. The molecule has 1 unspecified atom stereocenters. The normalized spacial score (nSPS) is 13.6. The van der Waals surface area contributed by atoms with E-state index in [1.807, 2.05) is 0 Å². The third-order valence-electron chi connectivity index (χ3n) is 0.945. The van der Waals surface area contributed by atoms with Crippen molar-refractivity contribution in [3.05, 3.63) is 0 Å². The summed E-state index contributed by atoms with van der Waals surface area (Å²) in [5.41, 5.74) is 7.93. The van der Waals surface area contributed by atoms with Crippen LogP contribution in [0.3, 0.4) is 0 Å². The number of nitrogens with zero attached hydrogens (tertiary/aromatic N) is 1. The maximum absolute atomic E-state index is 10.1. The highest BCUT2D eigenvalue weighted by Gasteiger charge is 2.09. The molecule has 0 heterocycles. The van der Waals surface area contributed by atoms with Gasteiger partial charge in [-0.05, 0) is 0 Å². The second-order valence-electron chi connectivity index (χ2n) is 2.20. The number of rotatable bonds is 4. The molecule has 0 fully saturated rings. The molecule has 0 aliphatic heterocycles. The van der Waals surface area contributed by atoms with Crippen molar-refractivity contribution in [2.24, 2.45) is 5.73 Å². The minimum Gasteiger partial charge on any atom is -0.480 e. The number of aliphatic carboxylic acids is 1. The topological polar surface area (TPSA) is 78.6 Å². The Balaban J connectivity index is 3.40. The van der Waals surface area contributed by atoms with Gasteiger partial charge in [0.2, 0.25) is 0 Å². The first-order chi connectivity index (χ1) is 4.54. The predicted molar refractivity (Wildman–Crippen MR) is 37.3 cm³/mol. The van der Waals surface area contributed by atoms with Gasteiger partial charge in [0.15, 0.2) is 0 Å². The predicted octanol–water partition coefficient (Wildman–Crippen LogP) is -1.54. The Kier molecular flexibility index (Phi) is 3.94. The molecule has 0 spiro atoms. The fourth-order valence-corrected chi connectivity index (χ4v) is 0.368. The molecule has 60 valence electrons. The van der Waals surface area contributed by atoms with Crippen LogP contribution in [0.15, 0.2) is 0 Å². The maximum Gasteiger partial charge on any atom is 0.321 e. The fourth-order valence-electron chi connectivity index (χ4n) is 0.368. The highest BCUT2D eigenvalue weighted by Crippen LogP contribution is 1.74. The van der Waals surface area contributed by atoms with Crippen LogP contribution in [0.5, 0.6) is 0 Å². The van der Waals surface area contributed by atoms with Crippen molar-refractivity contribution in [1.82, 2.24) is 10.4 Å². The summed E-state index contributed by atoms with van der Waals surface area (Å²) in [7, 11) is 3.54. The lowest BCUT2D eigenvalue weighted by Crippen LogP contribution is -2.44. The molecule has 0 aromatic carbocycles. The number of nitrogens with two attached hydrogens (primary N) is 1. The molecule has 0 bridgehead atoms. The zero-order valence-electron chi connectivity index (χ0n) is 6.16. The SMILES string of the molecule is CN(C)NCC(N)C(=O)O. The van der Waals surface area contributed by atoms with E-state index in [9.17, 15) is 4.79 Å². The van der Waals surface area contributed by atoms with Crippen molar-refractivity contribution in [3.63, 3.8) is 0 Å². The molecule has 0 rings (SSSR count). The molecular weight excluding hydrogens is 134 g/mol. The van der Waals surface area contributed by atoms with Crippen LogP contribution >= 0.6 is 0 Å². The van der Waals surface area contributed by atoms with Gasteiger partial charge in [0.1, 0.15) is 6.04 Å². The molecule has 4 N–H and O–H groups in total. The van der Waals surface area contributed by atoms with E-state index in [4.69, 9.17) is 10.8 Å². The highest BCUT2D eigenvalue weighted by atomic mass is 16.4. The maximum atomic E-state index is 10.1. The summed E-state index contributed by atoms with van der Waals surface area (Å²) in [6.07, 6.45) is 0. The minimum absolute atomic E-state index is 0.252. The average Bonchev–Trinajstić information content (AvgIpc) is 1.82. The zero-order valence-corrected chi connectivity index (χ0v) is 6.16. The van der Waals surface area contributed by atoms with Crippen LogP contribution in [0, 0.1) is 0 Å². The van der Waals surface area contributed by atoms with E-state index in [0.717, 1.165) is 0 Å². The molecule has 0 aliphatic carbocycles. The van der Waals surface area contributed by atoms with Gasteiger partial charge in [-0.25, -0.2) is 0 Å². The minimum atomic E-state index is -0.991. The summed E-state index contributed by atoms with van der Waals surface area (Å²) >= 11 is 0. The molecule has 0 aromatic rings.